The molecule has 1 saturated heterocycles. The fourth-order valence-electron chi connectivity index (χ4n) is 2.76. The second-order valence-corrected chi connectivity index (χ2v) is 6.63. The Hall–Kier alpha value is -0.580. The number of hydrogen-bond donors (Lipinski definition) is 1. The van der Waals surface area contributed by atoms with Gasteiger partial charge in [0.1, 0.15) is 0 Å². The summed E-state index contributed by atoms with van der Waals surface area (Å²) >= 11 is 3.60. The van der Waals surface area contributed by atoms with Crippen molar-refractivity contribution >= 4 is 21.6 Å². The molecule has 0 spiro atoms. The quantitative estimate of drug-likeness (QED) is 0.864. The Bertz CT molecular complexity index is 437. The first kappa shape index (κ1) is 13.4. The van der Waals surface area contributed by atoms with Crippen LogP contribution in [-0.2, 0) is 6.54 Å². The minimum absolute atomic E-state index is 0.838. The first-order chi connectivity index (χ1) is 9.22. The fraction of sp³-hybridized carbons (Fsp3) is 0.600. The highest BCUT2D eigenvalue weighted by molar-refractivity contribution is 9.10. The van der Waals surface area contributed by atoms with Gasteiger partial charge in [-0.15, -0.1) is 0 Å². The Morgan fingerprint density at radius 1 is 1.11 bits per heavy atom. The van der Waals surface area contributed by atoms with Gasteiger partial charge in [0.2, 0.25) is 0 Å². The monoisotopic (exact) mass is 323 g/mol. The van der Waals surface area contributed by atoms with E-state index in [-0.39, 0.29) is 0 Å². The molecule has 0 radical (unpaired) electrons. The first-order valence-corrected chi connectivity index (χ1v) is 7.99. The summed E-state index contributed by atoms with van der Waals surface area (Å²) in [6.45, 7) is 7.12. The minimum atomic E-state index is 0.838. The van der Waals surface area contributed by atoms with E-state index >= 15 is 0 Å². The third-order valence-corrected chi connectivity index (χ3v) is 5.15. The van der Waals surface area contributed by atoms with Gasteiger partial charge in [-0.25, -0.2) is 0 Å². The van der Waals surface area contributed by atoms with Crippen LogP contribution in [0.1, 0.15) is 18.4 Å². The molecule has 0 unspecified atom stereocenters. The molecule has 2 fully saturated rings. The number of piperazine rings is 1. The first-order valence-electron chi connectivity index (χ1n) is 7.20. The number of hydrogen-bond acceptors (Lipinski definition) is 3. The van der Waals surface area contributed by atoms with Gasteiger partial charge >= 0.3 is 0 Å². The van der Waals surface area contributed by atoms with Crippen LogP contribution >= 0.6 is 15.9 Å². The van der Waals surface area contributed by atoms with E-state index in [2.05, 4.69) is 31.8 Å². The lowest BCUT2D eigenvalue weighted by Crippen LogP contribution is -2.46. The van der Waals surface area contributed by atoms with Crippen LogP contribution in [0.3, 0.4) is 0 Å². The summed E-state index contributed by atoms with van der Waals surface area (Å²) in [5.74, 6) is 1.01. The molecule has 1 heterocycles. The molecular weight excluding hydrogens is 302 g/mol. The highest BCUT2D eigenvalue weighted by Gasteiger charge is 2.26. The number of nitrogens with two attached hydrogens (primary N) is 1. The normalized spacial score (nSPS) is 21.7. The third-order valence-electron chi connectivity index (χ3n) is 4.18. The number of anilines is 1. The van der Waals surface area contributed by atoms with Crippen LogP contribution in [0.4, 0.5) is 5.69 Å². The van der Waals surface area contributed by atoms with Gasteiger partial charge in [0, 0.05) is 49.4 Å². The molecule has 2 aliphatic rings. The van der Waals surface area contributed by atoms with E-state index in [1.165, 1.54) is 51.1 Å². The highest BCUT2D eigenvalue weighted by atomic mass is 79.9. The summed E-state index contributed by atoms with van der Waals surface area (Å²) in [7, 11) is 0. The van der Waals surface area contributed by atoms with Gasteiger partial charge in [-0.1, -0.05) is 12.1 Å². The molecule has 4 heteroatoms. The molecular formula is C15H22BrN3. The molecule has 0 bridgehead atoms. The van der Waals surface area contributed by atoms with Gasteiger partial charge in [-0.05, 0) is 46.3 Å². The number of benzene rings is 1. The highest BCUT2D eigenvalue weighted by Crippen LogP contribution is 2.30. The van der Waals surface area contributed by atoms with E-state index in [0.717, 1.165) is 22.6 Å². The van der Waals surface area contributed by atoms with Crippen molar-refractivity contribution in [3.63, 3.8) is 0 Å². The number of nitrogen functional groups attached to an aromatic ring is 1. The van der Waals surface area contributed by atoms with Crippen LogP contribution in [0.15, 0.2) is 22.7 Å². The number of nitrogens with zero attached hydrogens (tertiary/aromatic N) is 2. The van der Waals surface area contributed by atoms with Crippen LogP contribution in [0.2, 0.25) is 0 Å². The predicted octanol–water partition coefficient (Wildman–Crippen LogP) is 2.56. The maximum absolute atomic E-state index is 5.94. The van der Waals surface area contributed by atoms with Crippen molar-refractivity contribution in [1.29, 1.82) is 0 Å². The van der Waals surface area contributed by atoms with Gasteiger partial charge in [0.25, 0.3) is 0 Å². The van der Waals surface area contributed by atoms with Crippen molar-refractivity contribution in [1.82, 2.24) is 9.80 Å². The SMILES string of the molecule is Nc1cccc(CN2CCN(CC3CC3)CC2)c1Br. The van der Waals surface area contributed by atoms with Crippen molar-refractivity contribution in [3.8, 4) is 0 Å². The van der Waals surface area contributed by atoms with Crippen molar-refractivity contribution in [2.75, 3.05) is 38.5 Å². The number of rotatable bonds is 4. The molecule has 2 N–H and O–H groups in total. The fourth-order valence-corrected chi connectivity index (χ4v) is 3.15. The molecule has 1 aliphatic carbocycles. The summed E-state index contributed by atoms with van der Waals surface area (Å²) in [6.07, 6.45) is 2.91. The second-order valence-electron chi connectivity index (χ2n) is 5.84. The topological polar surface area (TPSA) is 32.5 Å². The summed E-state index contributed by atoms with van der Waals surface area (Å²) < 4.78 is 1.07. The lowest BCUT2D eigenvalue weighted by molar-refractivity contribution is 0.123. The van der Waals surface area contributed by atoms with Gasteiger partial charge < -0.3 is 10.6 Å². The zero-order chi connectivity index (χ0) is 13.2. The maximum Gasteiger partial charge on any atom is 0.0461 e. The smallest absolute Gasteiger partial charge is 0.0461 e. The van der Waals surface area contributed by atoms with Crippen LogP contribution in [0.5, 0.6) is 0 Å². The van der Waals surface area contributed by atoms with Crippen molar-refractivity contribution < 1.29 is 0 Å². The van der Waals surface area contributed by atoms with E-state index in [9.17, 15) is 0 Å². The number of halogens is 1. The molecule has 1 aromatic carbocycles. The Labute approximate surface area is 123 Å². The molecule has 0 amide bonds. The van der Waals surface area contributed by atoms with E-state index in [1.807, 2.05) is 12.1 Å². The third kappa shape index (κ3) is 3.50. The summed E-state index contributed by atoms with van der Waals surface area (Å²) in [4.78, 5) is 5.16. The van der Waals surface area contributed by atoms with Crippen molar-refractivity contribution in [2.45, 2.75) is 19.4 Å². The van der Waals surface area contributed by atoms with Gasteiger partial charge in [-0.2, -0.15) is 0 Å². The van der Waals surface area contributed by atoms with Gasteiger partial charge in [-0.3, -0.25) is 4.90 Å². The average molecular weight is 324 g/mol. The predicted molar refractivity (Wildman–Crippen MR) is 83.0 cm³/mol. The van der Waals surface area contributed by atoms with Crippen LogP contribution in [0, 0.1) is 5.92 Å². The Morgan fingerprint density at radius 3 is 2.47 bits per heavy atom. The molecule has 19 heavy (non-hydrogen) atoms. The minimum Gasteiger partial charge on any atom is -0.398 e. The summed E-state index contributed by atoms with van der Waals surface area (Å²) in [6, 6.07) is 6.15. The molecule has 0 aromatic heterocycles. The van der Waals surface area contributed by atoms with E-state index in [4.69, 9.17) is 5.73 Å². The van der Waals surface area contributed by atoms with Gasteiger partial charge in [0.15, 0.2) is 0 Å². The van der Waals surface area contributed by atoms with E-state index in [1.54, 1.807) is 0 Å². The van der Waals surface area contributed by atoms with Gasteiger partial charge in [0.05, 0.1) is 0 Å². The molecule has 104 valence electrons. The molecule has 1 aromatic rings. The second kappa shape index (κ2) is 5.81. The Morgan fingerprint density at radius 2 is 1.79 bits per heavy atom. The zero-order valence-corrected chi connectivity index (χ0v) is 12.9. The lowest BCUT2D eigenvalue weighted by atomic mass is 10.1. The van der Waals surface area contributed by atoms with Crippen LogP contribution in [-0.4, -0.2) is 42.5 Å². The molecule has 0 atom stereocenters. The Kier molecular flexibility index (Phi) is 4.10. The standard InChI is InChI=1S/C15H22BrN3/c16-15-13(2-1-3-14(15)17)11-19-8-6-18(7-9-19)10-12-4-5-12/h1-3,12H,4-11,17H2. The average Bonchev–Trinajstić information content (AvgIpc) is 3.21. The molecule has 1 aliphatic heterocycles. The lowest BCUT2D eigenvalue weighted by Gasteiger charge is -2.35. The van der Waals surface area contributed by atoms with Crippen LogP contribution < -0.4 is 5.73 Å². The molecule has 1 saturated carbocycles. The summed E-state index contributed by atoms with van der Waals surface area (Å²) in [5, 5.41) is 0. The van der Waals surface area contributed by atoms with Crippen molar-refractivity contribution in [3.05, 3.63) is 28.2 Å². The molecule has 3 nitrogen and oxygen atoms in total. The van der Waals surface area contributed by atoms with Crippen molar-refractivity contribution in [2.24, 2.45) is 5.92 Å². The largest absolute Gasteiger partial charge is 0.398 e. The van der Waals surface area contributed by atoms with E-state index in [0.29, 0.717) is 0 Å². The van der Waals surface area contributed by atoms with Crippen LogP contribution in [0.25, 0.3) is 0 Å². The zero-order valence-electron chi connectivity index (χ0n) is 11.3. The maximum atomic E-state index is 5.94. The molecule has 3 rings (SSSR count). The Balaban J connectivity index is 1.52. The summed E-state index contributed by atoms with van der Waals surface area (Å²) in [5.41, 5.74) is 8.08. The van der Waals surface area contributed by atoms with E-state index < -0.39 is 0 Å².